The Morgan fingerprint density at radius 3 is 2.17 bits per heavy atom. The molecular formula is C13H15N3O6S. The first-order chi connectivity index (χ1) is 11.1. The summed E-state index contributed by atoms with van der Waals surface area (Å²) in [6, 6.07) is 2.78. The Hall–Kier alpha value is -1.91. The predicted octanol–water partition coefficient (Wildman–Crippen LogP) is 2.10. The average Bonchev–Trinajstić information content (AvgIpc) is 3.08. The van der Waals surface area contributed by atoms with E-state index in [0.29, 0.717) is 38.5 Å². The molecule has 0 N–H and O–H groups in total. The molecule has 0 aliphatic carbocycles. The summed E-state index contributed by atoms with van der Waals surface area (Å²) in [7, 11) is 0. The van der Waals surface area contributed by atoms with Gasteiger partial charge in [0.1, 0.15) is 5.44 Å². The van der Waals surface area contributed by atoms with Crippen LogP contribution in [0.1, 0.15) is 11.0 Å². The molecule has 3 rings (SSSR count). The van der Waals surface area contributed by atoms with Gasteiger partial charge in [0.15, 0.2) is 5.69 Å². The van der Waals surface area contributed by atoms with Gasteiger partial charge in [-0.25, -0.2) is 0 Å². The summed E-state index contributed by atoms with van der Waals surface area (Å²) in [4.78, 5) is 23.5. The molecule has 2 aliphatic rings. The maximum Gasteiger partial charge on any atom is 0.300 e. The van der Waals surface area contributed by atoms with Gasteiger partial charge in [-0.15, -0.1) is 11.8 Å². The molecule has 9 nitrogen and oxygen atoms in total. The lowest BCUT2D eigenvalue weighted by molar-refractivity contribution is -0.392. The summed E-state index contributed by atoms with van der Waals surface area (Å²) in [5.74, 6) is 0.761. The number of nitrogens with zero attached hydrogens (tertiary/aromatic N) is 3. The number of anilines is 1. The topological polar surface area (TPSA) is 108 Å². The van der Waals surface area contributed by atoms with Crippen LogP contribution in [0, 0.1) is 20.2 Å². The second-order valence-electron chi connectivity index (χ2n) is 5.09. The molecular weight excluding hydrogens is 326 g/mol. The van der Waals surface area contributed by atoms with Crippen molar-refractivity contribution >= 4 is 28.8 Å². The molecule has 0 spiro atoms. The molecule has 1 atom stereocenters. The van der Waals surface area contributed by atoms with Crippen LogP contribution >= 0.6 is 11.8 Å². The Morgan fingerprint density at radius 1 is 1.09 bits per heavy atom. The maximum absolute atomic E-state index is 11.5. The van der Waals surface area contributed by atoms with Gasteiger partial charge in [-0.2, -0.15) is 0 Å². The molecule has 2 aliphatic heterocycles. The van der Waals surface area contributed by atoms with E-state index in [9.17, 15) is 20.2 Å². The van der Waals surface area contributed by atoms with Gasteiger partial charge >= 0.3 is 0 Å². The Morgan fingerprint density at radius 2 is 1.70 bits per heavy atom. The van der Waals surface area contributed by atoms with Crippen molar-refractivity contribution < 1.29 is 19.3 Å². The first-order valence-electron chi connectivity index (χ1n) is 7.10. The van der Waals surface area contributed by atoms with E-state index < -0.39 is 15.3 Å². The van der Waals surface area contributed by atoms with Crippen LogP contribution in [0.4, 0.5) is 17.1 Å². The van der Waals surface area contributed by atoms with Crippen molar-refractivity contribution in [3.63, 3.8) is 0 Å². The lowest BCUT2D eigenvalue weighted by Gasteiger charge is -2.28. The lowest BCUT2D eigenvalue weighted by atomic mass is 10.1. The summed E-state index contributed by atoms with van der Waals surface area (Å²) in [5.41, 5.74) is -0.400. The van der Waals surface area contributed by atoms with Crippen molar-refractivity contribution in [1.29, 1.82) is 0 Å². The third-order valence-electron chi connectivity index (χ3n) is 3.71. The summed E-state index contributed by atoms with van der Waals surface area (Å²) in [5, 5.41) is 23.0. The third kappa shape index (κ3) is 3.23. The third-order valence-corrected chi connectivity index (χ3v) is 4.82. The molecule has 0 amide bonds. The summed E-state index contributed by atoms with van der Waals surface area (Å²) < 4.78 is 10.7. The van der Waals surface area contributed by atoms with Crippen LogP contribution < -0.4 is 4.90 Å². The Balaban J connectivity index is 2.11. The van der Waals surface area contributed by atoms with Crippen molar-refractivity contribution in [2.24, 2.45) is 0 Å². The fraction of sp³-hybridized carbons (Fsp3) is 0.538. The van der Waals surface area contributed by atoms with Crippen molar-refractivity contribution in [2.75, 3.05) is 43.6 Å². The second-order valence-corrected chi connectivity index (χ2v) is 6.26. The number of morpholine rings is 1. The zero-order valence-electron chi connectivity index (χ0n) is 12.2. The molecule has 10 heteroatoms. The monoisotopic (exact) mass is 341 g/mol. The predicted molar refractivity (Wildman–Crippen MR) is 83.9 cm³/mol. The largest absolute Gasteiger partial charge is 0.378 e. The number of ether oxygens (including phenoxy) is 2. The SMILES string of the molecule is O=[N+]([O-])c1cc(C2OCCS2)cc([N+](=O)[O-])c1N1CCOCC1. The highest BCUT2D eigenvalue weighted by Crippen LogP contribution is 2.44. The van der Waals surface area contributed by atoms with Crippen LogP contribution in [-0.2, 0) is 9.47 Å². The van der Waals surface area contributed by atoms with Gasteiger partial charge in [0.2, 0.25) is 0 Å². The van der Waals surface area contributed by atoms with Crippen molar-refractivity contribution in [3.05, 3.63) is 37.9 Å². The molecule has 2 fully saturated rings. The van der Waals surface area contributed by atoms with Crippen LogP contribution in [0.5, 0.6) is 0 Å². The van der Waals surface area contributed by atoms with E-state index in [4.69, 9.17) is 9.47 Å². The van der Waals surface area contributed by atoms with Gasteiger partial charge < -0.3 is 14.4 Å². The number of nitro groups is 2. The Kier molecular flexibility index (Phi) is 4.64. The van der Waals surface area contributed by atoms with Crippen LogP contribution in [0.2, 0.25) is 0 Å². The van der Waals surface area contributed by atoms with E-state index in [2.05, 4.69) is 0 Å². The van der Waals surface area contributed by atoms with Crippen LogP contribution in [0.3, 0.4) is 0 Å². The van der Waals surface area contributed by atoms with Crippen LogP contribution in [0.25, 0.3) is 0 Å². The minimum Gasteiger partial charge on any atom is -0.378 e. The Labute approximate surface area is 135 Å². The molecule has 1 aromatic rings. The zero-order valence-corrected chi connectivity index (χ0v) is 13.0. The van der Waals surface area contributed by atoms with Gasteiger partial charge in [-0.05, 0) is 0 Å². The first-order valence-corrected chi connectivity index (χ1v) is 8.15. The smallest absolute Gasteiger partial charge is 0.300 e. The van der Waals surface area contributed by atoms with Crippen LogP contribution in [-0.4, -0.2) is 48.5 Å². The summed E-state index contributed by atoms with van der Waals surface area (Å²) in [6.07, 6.45) is 0. The van der Waals surface area contributed by atoms with Gasteiger partial charge in [0.05, 0.1) is 29.7 Å². The van der Waals surface area contributed by atoms with Crippen molar-refractivity contribution in [2.45, 2.75) is 5.44 Å². The van der Waals surface area contributed by atoms with E-state index in [1.807, 2.05) is 0 Å². The molecule has 0 aromatic heterocycles. The normalized spacial score (nSPS) is 21.4. The number of thioether (sulfide) groups is 1. The molecule has 0 saturated carbocycles. The number of rotatable bonds is 4. The average molecular weight is 341 g/mol. The van der Waals surface area contributed by atoms with E-state index in [1.165, 1.54) is 23.9 Å². The summed E-state index contributed by atoms with van der Waals surface area (Å²) in [6.45, 7) is 2.07. The maximum atomic E-state index is 11.5. The molecule has 2 saturated heterocycles. The van der Waals surface area contributed by atoms with Gasteiger partial charge in [-0.3, -0.25) is 20.2 Å². The number of nitro benzene ring substituents is 2. The molecule has 0 bridgehead atoms. The quantitative estimate of drug-likeness (QED) is 0.605. The zero-order chi connectivity index (χ0) is 16.4. The standard InChI is InChI=1S/C13H15N3O6S/c17-15(18)10-7-9(13-22-5-6-23-13)8-11(16(19)20)12(10)14-1-3-21-4-2-14/h7-8,13H,1-6H2. The molecule has 2 heterocycles. The fourth-order valence-electron chi connectivity index (χ4n) is 2.70. The van der Waals surface area contributed by atoms with E-state index in [-0.39, 0.29) is 17.1 Å². The molecule has 0 radical (unpaired) electrons. The van der Waals surface area contributed by atoms with E-state index >= 15 is 0 Å². The van der Waals surface area contributed by atoms with Gasteiger partial charge in [-0.1, -0.05) is 0 Å². The first kappa shape index (κ1) is 16.0. The Bertz CT molecular complexity index is 593. The fourth-order valence-corrected chi connectivity index (χ4v) is 3.63. The summed E-state index contributed by atoms with van der Waals surface area (Å²) >= 11 is 1.48. The highest BCUT2D eigenvalue weighted by atomic mass is 32.2. The van der Waals surface area contributed by atoms with E-state index in [0.717, 1.165) is 5.75 Å². The lowest BCUT2D eigenvalue weighted by Crippen LogP contribution is -2.37. The second kappa shape index (κ2) is 6.69. The van der Waals surface area contributed by atoms with Crippen molar-refractivity contribution in [1.82, 2.24) is 0 Å². The number of benzene rings is 1. The van der Waals surface area contributed by atoms with Gasteiger partial charge in [0.25, 0.3) is 11.4 Å². The molecule has 1 aromatic carbocycles. The highest BCUT2D eigenvalue weighted by molar-refractivity contribution is 7.99. The van der Waals surface area contributed by atoms with Crippen molar-refractivity contribution in [3.8, 4) is 0 Å². The number of hydrogen-bond donors (Lipinski definition) is 0. The van der Waals surface area contributed by atoms with Gasteiger partial charge in [0, 0.05) is 36.5 Å². The van der Waals surface area contributed by atoms with E-state index in [1.54, 1.807) is 4.90 Å². The van der Waals surface area contributed by atoms with Crippen LogP contribution in [0.15, 0.2) is 12.1 Å². The molecule has 23 heavy (non-hydrogen) atoms. The molecule has 1 unspecified atom stereocenters. The minimum absolute atomic E-state index is 0.0510. The molecule has 124 valence electrons. The highest BCUT2D eigenvalue weighted by Gasteiger charge is 2.34. The number of hydrogen-bond acceptors (Lipinski definition) is 8. The minimum atomic E-state index is -0.569.